The minimum Gasteiger partial charge on any atom is -0.398 e. The van der Waals surface area contributed by atoms with Crippen LogP contribution in [0, 0.1) is 10.8 Å². The van der Waals surface area contributed by atoms with Crippen LogP contribution in [-0.2, 0) is 26.3 Å². The maximum absolute atomic E-state index is 13.4. The molecule has 0 bridgehead atoms. The topological polar surface area (TPSA) is 86.9 Å². The van der Waals surface area contributed by atoms with Crippen LogP contribution < -0.4 is 11.4 Å². The molecule has 0 saturated carbocycles. The molecule has 3 aromatic heterocycles. The van der Waals surface area contributed by atoms with Crippen molar-refractivity contribution in [2.75, 3.05) is 13.1 Å². The summed E-state index contributed by atoms with van der Waals surface area (Å²) in [6.45, 7) is 12.2. The summed E-state index contributed by atoms with van der Waals surface area (Å²) >= 11 is 0. The van der Waals surface area contributed by atoms with Crippen molar-refractivity contribution in [1.82, 2.24) is 28.6 Å². The second kappa shape index (κ2) is 9.11. The molecule has 0 spiro atoms. The van der Waals surface area contributed by atoms with Crippen LogP contribution >= 0.6 is 0 Å². The Labute approximate surface area is 225 Å². The first kappa shape index (κ1) is 27.2. The van der Waals surface area contributed by atoms with E-state index in [4.69, 9.17) is 10.7 Å². The van der Waals surface area contributed by atoms with Crippen molar-refractivity contribution in [1.29, 1.82) is 0 Å². The van der Waals surface area contributed by atoms with E-state index in [-0.39, 0.29) is 29.1 Å². The van der Waals surface area contributed by atoms with Crippen LogP contribution in [0.2, 0.25) is 0 Å². The van der Waals surface area contributed by atoms with Crippen LogP contribution in [0.25, 0.3) is 16.7 Å². The molecule has 2 unspecified atom stereocenters. The minimum atomic E-state index is -4.42. The van der Waals surface area contributed by atoms with Gasteiger partial charge in [-0.15, -0.1) is 0 Å². The molecule has 39 heavy (non-hydrogen) atoms. The lowest BCUT2D eigenvalue weighted by Crippen LogP contribution is -2.43. The third-order valence-corrected chi connectivity index (χ3v) is 7.79. The summed E-state index contributed by atoms with van der Waals surface area (Å²) in [4.78, 5) is 24.2. The molecule has 1 aliphatic carbocycles. The van der Waals surface area contributed by atoms with Gasteiger partial charge >= 0.3 is 11.9 Å². The van der Waals surface area contributed by atoms with Gasteiger partial charge in [0, 0.05) is 49.9 Å². The molecular weight excluding hydrogens is 507 g/mol. The van der Waals surface area contributed by atoms with Gasteiger partial charge in [0.1, 0.15) is 11.5 Å². The van der Waals surface area contributed by atoms with Crippen molar-refractivity contribution in [2.45, 2.75) is 66.3 Å². The van der Waals surface area contributed by atoms with Gasteiger partial charge in [-0.3, -0.25) is 14.0 Å². The highest BCUT2D eigenvalue weighted by atomic mass is 19.4. The van der Waals surface area contributed by atoms with Crippen LogP contribution in [0.15, 0.2) is 41.0 Å². The number of aryl methyl sites for hydroxylation is 1. The fourth-order valence-corrected chi connectivity index (χ4v) is 5.82. The average molecular weight is 544 g/mol. The van der Waals surface area contributed by atoms with Crippen molar-refractivity contribution >= 4 is 16.7 Å². The molecule has 2 aliphatic rings. The summed E-state index contributed by atoms with van der Waals surface area (Å²) < 4.78 is 44.8. The van der Waals surface area contributed by atoms with Gasteiger partial charge in [-0.05, 0) is 37.0 Å². The number of hydrogen-bond donors (Lipinski definition) is 1. The Morgan fingerprint density at radius 1 is 1.18 bits per heavy atom. The van der Waals surface area contributed by atoms with Gasteiger partial charge in [0.05, 0.1) is 23.4 Å². The zero-order valence-corrected chi connectivity index (χ0v) is 23.3. The van der Waals surface area contributed by atoms with Crippen LogP contribution in [0.3, 0.4) is 0 Å². The summed E-state index contributed by atoms with van der Waals surface area (Å²) in [7, 11) is 1.73. The standard InChI is InChI=1S/C28H36F3N7O/c1-17-23-33-14-22(28(29,30)31)37(23)12-11-36(17)16-27(5)10-9-19(32)18(13-27)20-7-8-21-24(34-20)35(6)25(39)38(21)15-26(2,3)4/h7-10,14,17H,11-13,15-16,32H2,1-6H3. The number of rotatable bonds is 4. The van der Waals surface area contributed by atoms with Crippen molar-refractivity contribution in [3.05, 3.63) is 63.9 Å². The molecule has 3 aromatic rings. The van der Waals surface area contributed by atoms with Crippen LogP contribution in [-0.4, -0.2) is 41.7 Å². The fraction of sp³-hybridized carbons (Fsp3) is 0.536. The van der Waals surface area contributed by atoms with Crippen molar-refractivity contribution in [3.63, 3.8) is 0 Å². The predicted octanol–water partition coefficient (Wildman–Crippen LogP) is 4.71. The van der Waals surface area contributed by atoms with Gasteiger partial charge in [0.25, 0.3) is 0 Å². The largest absolute Gasteiger partial charge is 0.433 e. The first-order valence-corrected chi connectivity index (χ1v) is 13.2. The third-order valence-electron chi connectivity index (χ3n) is 7.79. The van der Waals surface area contributed by atoms with E-state index in [9.17, 15) is 18.0 Å². The molecule has 0 aromatic carbocycles. The lowest BCUT2D eigenvalue weighted by molar-refractivity contribution is -0.144. The van der Waals surface area contributed by atoms with Crippen LogP contribution in [0.5, 0.6) is 0 Å². The van der Waals surface area contributed by atoms with Gasteiger partial charge in [-0.1, -0.05) is 33.8 Å². The molecule has 1 aliphatic heterocycles. The molecule has 0 radical (unpaired) electrons. The maximum atomic E-state index is 13.4. The zero-order valence-electron chi connectivity index (χ0n) is 23.3. The maximum Gasteiger partial charge on any atom is 0.433 e. The normalized spacial score (nSPS) is 22.6. The van der Waals surface area contributed by atoms with E-state index in [0.717, 1.165) is 23.0 Å². The lowest BCUT2D eigenvalue weighted by Gasteiger charge is -2.41. The molecule has 0 saturated heterocycles. The lowest BCUT2D eigenvalue weighted by atomic mass is 9.77. The number of halogens is 3. The Hall–Kier alpha value is -3.34. The van der Waals surface area contributed by atoms with Crippen molar-refractivity contribution in [2.24, 2.45) is 23.6 Å². The molecule has 4 heterocycles. The van der Waals surface area contributed by atoms with Gasteiger partial charge in [-0.25, -0.2) is 14.8 Å². The molecule has 5 rings (SSSR count). The molecular formula is C28H36F3N7O. The second-order valence-electron chi connectivity index (χ2n) is 12.4. The molecule has 210 valence electrons. The van der Waals surface area contributed by atoms with Gasteiger partial charge in [-0.2, -0.15) is 13.2 Å². The molecule has 2 atom stereocenters. The van der Waals surface area contributed by atoms with Gasteiger partial charge in [0.15, 0.2) is 5.65 Å². The Kier molecular flexibility index (Phi) is 6.36. The molecule has 0 fully saturated rings. The predicted molar refractivity (Wildman–Crippen MR) is 145 cm³/mol. The number of pyridine rings is 1. The third kappa shape index (κ3) is 4.92. The summed E-state index contributed by atoms with van der Waals surface area (Å²) in [5.41, 5.74) is 8.87. The SMILES string of the molecule is CC1c2ncc(C(F)(F)F)n2CCN1CC1(C)C=CC(N)=C(c2ccc3c(n2)n(C)c(=O)n3CC(C)(C)C)C1. The Bertz CT molecular complexity index is 1550. The van der Waals surface area contributed by atoms with Gasteiger partial charge in [0.2, 0.25) is 0 Å². The smallest absolute Gasteiger partial charge is 0.398 e. The number of fused-ring (bicyclic) bond motifs is 2. The second-order valence-corrected chi connectivity index (χ2v) is 12.4. The molecule has 8 nitrogen and oxygen atoms in total. The Morgan fingerprint density at radius 3 is 2.56 bits per heavy atom. The highest BCUT2D eigenvalue weighted by molar-refractivity contribution is 5.78. The summed E-state index contributed by atoms with van der Waals surface area (Å²) in [5.74, 6) is 0.431. The first-order chi connectivity index (χ1) is 18.1. The highest BCUT2D eigenvalue weighted by Gasteiger charge is 2.40. The van der Waals surface area contributed by atoms with E-state index >= 15 is 0 Å². The first-order valence-electron chi connectivity index (χ1n) is 13.2. The van der Waals surface area contributed by atoms with Crippen molar-refractivity contribution < 1.29 is 13.2 Å². The molecule has 0 amide bonds. The monoisotopic (exact) mass is 543 g/mol. The van der Waals surface area contributed by atoms with E-state index in [1.54, 1.807) is 16.2 Å². The number of hydrogen-bond acceptors (Lipinski definition) is 5. The molecule has 2 N–H and O–H groups in total. The quantitative estimate of drug-likeness (QED) is 0.515. The van der Waals surface area contributed by atoms with Crippen LogP contribution in [0.4, 0.5) is 13.2 Å². The number of aromatic nitrogens is 5. The van der Waals surface area contributed by atoms with E-state index in [1.165, 1.54) is 4.57 Å². The number of nitrogens with zero attached hydrogens (tertiary/aromatic N) is 6. The molecule has 11 heteroatoms. The number of nitrogens with two attached hydrogens (primary N) is 1. The van der Waals surface area contributed by atoms with Crippen molar-refractivity contribution in [3.8, 4) is 0 Å². The Morgan fingerprint density at radius 2 is 1.90 bits per heavy atom. The summed E-state index contributed by atoms with van der Waals surface area (Å²) in [6.07, 6.45) is 1.09. The number of alkyl halides is 3. The Balaban J connectivity index is 1.41. The van der Waals surface area contributed by atoms with Gasteiger partial charge < -0.3 is 10.3 Å². The minimum absolute atomic E-state index is 0.0726. The fourth-order valence-electron chi connectivity index (χ4n) is 5.82. The summed E-state index contributed by atoms with van der Waals surface area (Å²) in [5, 5.41) is 0. The van der Waals surface area contributed by atoms with E-state index in [0.29, 0.717) is 43.2 Å². The zero-order chi connectivity index (χ0) is 28.5. The van der Waals surface area contributed by atoms with E-state index in [1.807, 2.05) is 25.1 Å². The highest BCUT2D eigenvalue weighted by Crippen LogP contribution is 2.41. The number of imidazole rings is 2. The number of allylic oxidation sites excluding steroid dienone is 2. The van der Waals surface area contributed by atoms with E-state index < -0.39 is 11.9 Å². The summed E-state index contributed by atoms with van der Waals surface area (Å²) in [6, 6.07) is 3.59. The van der Waals surface area contributed by atoms with E-state index in [2.05, 4.69) is 43.7 Å². The average Bonchev–Trinajstić information content (AvgIpc) is 3.38. The van der Waals surface area contributed by atoms with Crippen LogP contribution in [0.1, 0.15) is 64.3 Å².